The van der Waals surface area contributed by atoms with Gasteiger partial charge in [-0.25, -0.2) is 9.18 Å². The van der Waals surface area contributed by atoms with Gasteiger partial charge < -0.3 is 19.9 Å². The summed E-state index contributed by atoms with van der Waals surface area (Å²) in [6.45, 7) is 2.55. The van der Waals surface area contributed by atoms with E-state index in [0.717, 1.165) is 11.3 Å². The third-order valence-corrected chi connectivity index (χ3v) is 6.03. The molecule has 2 aromatic carbocycles. The second-order valence-corrected chi connectivity index (χ2v) is 8.34. The Balaban J connectivity index is 1.59. The van der Waals surface area contributed by atoms with E-state index < -0.39 is 17.7 Å². The average Bonchev–Trinajstić information content (AvgIpc) is 3.20. The van der Waals surface area contributed by atoms with E-state index in [1.165, 1.54) is 23.1 Å². The Labute approximate surface area is 208 Å². The molecule has 0 saturated carbocycles. The minimum absolute atomic E-state index is 0.0360. The first-order valence-electron chi connectivity index (χ1n) is 11.7. The highest BCUT2D eigenvalue weighted by molar-refractivity contribution is 6.06. The molecule has 2 heterocycles. The largest absolute Gasteiger partial charge is 0.465 e. The van der Waals surface area contributed by atoms with Crippen molar-refractivity contribution in [1.82, 2.24) is 20.0 Å². The molecule has 10 heteroatoms. The molecule has 0 saturated heterocycles. The molecule has 4 rings (SSSR count). The molecule has 1 aliphatic heterocycles. The number of rotatable bonds is 7. The molecule has 0 atom stereocenters. The molecular formula is C26H28FN5O4. The second kappa shape index (κ2) is 11.0. The van der Waals surface area contributed by atoms with Crippen LogP contribution in [0.3, 0.4) is 0 Å². The summed E-state index contributed by atoms with van der Waals surface area (Å²) in [5, 5.41) is 7.23. The van der Waals surface area contributed by atoms with Crippen LogP contribution in [0.5, 0.6) is 0 Å². The molecule has 3 amide bonds. The van der Waals surface area contributed by atoms with Crippen LogP contribution in [0.4, 0.5) is 14.9 Å². The molecule has 1 aliphatic rings. The number of hydrogen-bond donors (Lipinski definition) is 1. The van der Waals surface area contributed by atoms with E-state index in [9.17, 15) is 18.8 Å². The van der Waals surface area contributed by atoms with E-state index in [1.807, 2.05) is 13.1 Å². The Kier molecular flexibility index (Phi) is 7.62. The van der Waals surface area contributed by atoms with E-state index in [2.05, 4.69) is 10.4 Å². The van der Waals surface area contributed by atoms with Crippen LogP contribution in [-0.4, -0.2) is 52.3 Å². The zero-order valence-corrected chi connectivity index (χ0v) is 20.2. The fourth-order valence-electron chi connectivity index (χ4n) is 4.26. The number of anilines is 1. The summed E-state index contributed by atoms with van der Waals surface area (Å²) in [5.74, 6) is -1.59. The number of nitrogens with zero attached hydrogens (tertiary/aromatic N) is 4. The summed E-state index contributed by atoms with van der Waals surface area (Å²) >= 11 is 0. The van der Waals surface area contributed by atoms with Crippen LogP contribution in [0, 0.1) is 5.82 Å². The molecule has 0 unspecified atom stereocenters. The molecule has 1 N–H and O–H groups in total. The number of para-hydroxylation sites is 1. The van der Waals surface area contributed by atoms with E-state index in [1.54, 1.807) is 46.8 Å². The lowest BCUT2D eigenvalue weighted by Gasteiger charge is -2.28. The van der Waals surface area contributed by atoms with E-state index in [4.69, 9.17) is 4.74 Å². The van der Waals surface area contributed by atoms with E-state index in [0.29, 0.717) is 24.3 Å². The Hall–Kier alpha value is -4.21. The number of esters is 1. The third kappa shape index (κ3) is 5.37. The normalized spacial score (nSPS) is 12.6. The van der Waals surface area contributed by atoms with Gasteiger partial charge in [0.25, 0.3) is 5.91 Å². The topological polar surface area (TPSA) is 96.8 Å². The standard InChI is InChI=1S/C26H28FN5O4/c1-3-36-24(33)15-28-26(35)31-14-13-23-20(16-31)22(29-30(23)2)17-32(18-9-5-4-6-10-18)25(34)19-11-7-8-12-21(19)27/h4-12H,3,13-17H2,1-2H3,(H,28,35). The highest BCUT2D eigenvalue weighted by Gasteiger charge is 2.29. The lowest BCUT2D eigenvalue weighted by molar-refractivity contribution is -0.141. The van der Waals surface area contributed by atoms with Gasteiger partial charge in [-0.3, -0.25) is 14.3 Å². The van der Waals surface area contributed by atoms with Gasteiger partial charge in [-0.15, -0.1) is 0 Å². The third-order valence-electron chi connectivity index (χ3n) is 6.03. The van der Waals surface area contributed by atoms with Crippen LogP contribution in [0.2, 0.25) is 0 Å². The van der Waals surface area contributed by atoms with Crippen molar-refractivity contribution < 1.29 is 23.5 Å². The van der Waals surface area contributed by atoms with Crippen molar-refractivity contribution in [1.29, 1.82) is 0 Å². The van der Waals surface area contributed by atoms with Gasteiger partial charge in [0, 0.05) is 37.0 Å². The molecular weight excluding hydrogens is 465 g/mol. The zero-order valence-electron chi connectivity index (χ0n) is 20.2. The summed E-state index contributed by atoms with van der Waals surface area (Å²) in [5.41, 5.74) is 2.98. The highest BCUT2D eigenvalue weighted by atomic mass is 19.1. The monoisotopic (exact) mass is 493 g/mol. The van der Waals surface area contributed by atoms with Gasteiger partial charge in [0.05, 0.1) is 31.0 Å². The number of carbonyl (C=O) groups is 3. The predicted octanol–water partition coefficient (Wildman–Crippen LogP) is 3.04. The SMILES string of the molecule is CCOC(=O)CNC(=O)N1CCc2c(c(CN(C(=O)c3ccccc3F)c3ccccc3)nn2C)C1. The van der Waals surface area contributed by atoms with Gasteiger partial charge in [0.1, 0.15) is 12.4 Å². The lowest BCUT2D eigenvalue weighted by atomic mass is 10.0. The van der Waals surface area contributed by atoms with Crippen molar-refractivity contribution in [3.8, 4) is 0 Å². The Morgan fingerprint density at radius 2 is 1.83 bits per heavy atom. The molecule has 0 spiro atoms. The summed E-state index contributed by atoms with van der Waals surface area (Å²) < 4.78 is 21.1. The molecule has 188 valence electrons. The van der Waals surface area contributed by atoms with Crippen LogP contribution < -0.4 is 10.2 Å². The fourth-order valence-corrected chi connectivity index (χ4v) is 4.26. The number of aromatic nitrogens is 2. The number of nitrogens with one attached hydrogen (secondary N) is 1. The van der Waals surface area contributed by atoms with Crippen molar-refractivity contribution >= 4 is 23.6 Å². The van der Waals surface area contributed by atoms with Gasteiger partial charge in [-0.1, -0.05) is 30.3 Å². The number of hydrogen-bond acceptors (Lipinski definition) is 5. The summed E-state index contributed by atoms with van der Waals surface area (Å²) in [7, 11) is 1.82. The summed E-state index contributed by atoms with van der Waals surface area (Å²) in [6.07, 6.45) is 0.568. The Bertz CT molecular complexity index is 1260. The van der Waals surface area contributed by atoms with Crippen LogP contribution in [0.25, 0.3) is 0 Å². The Morgan fingerprint density at radius 3 is 2.56 bits per heavy atom. The first kappa shape index (κ1) is 24.9. The van der Waals surface area contributed by atoms with Crippen molar-refractivity contribution in [3.63, 3.8) is 0 Å². The van der Waals surface area contributed by atoms with Crippen LogP contribution >= 0.6 is 0 Å². The number of amides is 3. The molecule has 0 aliphatic carbocycles. The van der Waals surface area contributed by atoms with Gasteiger partial charge in [-0.05, 0) is 31.2 Å². The van der Waals surface area contributed by atoms with Crippen molar-refractivity contribution in [2.45, 2.75) is 26.4 Å². The number of halogens is 1. The highest BCUT2D eigenvalue weighted by Crippen LogP contribution is 2.26. The average molecular weight is 494 g/mol. The molecule has 3 aromatic rings. The van der Waals surface area contributed by atoms with Crippen molar-refractivity contribution in [2.24, 2.45) is 7.05 Å². The second-order valence-electron chi connectivity index (χ2n) is 8.34. The predicted molar refractivity (Wildman–Crippen MR) is 131 cm³/mol. The summed E-state index contributed by atoms with van der Waals surface area (Å²) in [4.78, 5) is 40.8. The Morgan fingerprint density at radius 1 is 1.11 bits per heavy atom. The minimum Gasteiger partial charge on any atom is -0.465 e. The number of benzene rings is 2. The maximum Gasteiger partial charge on any atom is 0.325 e. The van der Waals surface area contributed by atoms with Crippen LogP contribution in [0.1, 0.15) is 34.2 Å². The molecule has 1 aromatic heterocycles. The molecule has 0 bridgehead atoms. The molecule has 36 heavy (non-hydrogen) atoms. The minimum atomic E-state index is -0.601. The van der Waals surface area contributed by atoms with Gasteiger partial charge in [0.2, 0.25) is 0 Å². The van der Waals surface area contributed by atoms with E-state index in [-0.39, 0.29) is 37.8 Å². The molecule has 0 fully saturated rings. The zero-order chi connectivity index (χ0) is 25.7. The van der Waals surface area contributed by atoms with Gasteiger partial charge in [0.15, 0.2) is 0 Å². The molecule has 0 radical (unpaired) electrons. The number of fused-ring (bicyclic) bond motifs is 1. The quantitative estimate of drug-likeness (QED) is 0.511. The maximum atomic E-state index is 14.5. The smallest absolute Gasteiger partial charge is 0.325 e. The van der Waals surface area contributed by atoms with E-state index >= 15 is 0 Å². The maximum absolute atomic E-state index is 14.5. The molecule has 9 nitrogen and oxygen atoms in total. The summed E-state index contributed by atoms with van der Waals surface area (Å²) in [6, 6.07) is 14.5. The van der Waals surface area contributed by atoms with Gasteiger partial charge >= 0.3 is 12.0 Å². The first-order valence-corrected chi connectivity index (χ1v) is 11.7. The number of carbonyl (C=O) groups excluding carboxylic acids is 3. The number of urea groups is 1. The number of ether oxygens (including phenoxy) is 1. The number of aryl methyl sites for hydroxylation is 1. The van der Waals surface area contributed by atoms with Crippen molar-refractivity contribution in [3.05, 3.63) is 82.9 Å². The van der Waals surface area contributed by atoms with Crippen LogP contribution in [-0.2, 0) is 36.1 Å². The fraction of sp³-hybridized carbons (Fsp3) is 0.308. The lowest BCUT2D eigenvalue weighted by Crippen LogP contribution is -2.45. The first-order chi connectivity index (χ1) is 17.4. The van der Waals surface area contributed by atoms with Crippen LogP contribution in [0.15, 0.2) is 54.6 Å². The van der Waals surface area contributed by atoms with Crippen molar-refractivity contribution in [2.75, 3.05) is 24.6 Å². The van der Waals surface area contributed by atoms with Gasteiger partial charge in [-0.2, -0.15) is 5.10 Å².